The average molecular weight is 464 g/mol. The highest BCUT2D eigenvalue weighted by atomic mass is 32.2. The van der Waals surface area contributed by atoms with Crippen LogP contribution in [0.3, 0.4) is 0 Å². The minimum absolute atomic E-state index is 0.348. The van der Waals surface area contributed by atoms with Crippen molar-refractivity contribution in [1.29, 1.82) is 0 Å². The summed E-state index contributed by atoms with van der Waals surface area (Å²) in [7, 11) is 0. The molecule has 7 heteroatoms. The molecule has 0 heterocycles. The van der Waals surface area contributed by atoms with E-state index in [1.807, 2.05) is 0 Å². The quantitative estimate of drug-likeness (QED) is 0.266. The number of hydrogen-bond donors (Lipinski definition) is 0. The standard InChI is InChI=1S/C25H28F3NO2S/c1-3-29(32-24-15-5-19(2)6-16-24)17-4-18-30-21-11-13-23(14-12-21)31-22-9-7-20(8-10-22)25(26,27)28/h5,7-16,19H,3-4,6,17-18H2,1-2H3. The second-order valence-electron chi connectivity index (χ2n) is 7.59. The summed E-state index contributed by atoms with van der Waals surface area (Å²) in [6, 6.07) is 11.7. The molecule has 0 aliphatic heterocycles. The Morgan fingerprint density at radius 2 is 1.62 bits per heavy atom. The van der Waals surface area contributed by atoms with E-state index in [1.165, 1.54) is 17.0 Å². The van der Waals surface area contributed by atoms with Gasteiger partial charge in [-0.1, -0.05) is 32.1 Å². The zero-order chi connectivity index (χ0) is 23.0. The summed E-state index contributed by atoms with van der Waals surface area (Å²) in [6.07, 6.45) is 4.39. The Morgan fingerprint density at radius 1 is 1.00 bits per heavy atom. The summed E-state index contributed by atoms with van der Waals surface area (Å²) < 4.78 is 51.7. The van der Waals surface area contributed by atoms with Crippen LogP contribution in [0.5, 0.6) is 17.2 Å². The van der Waals surface area contributed by atoms with E-state index >= 15 is 0 Å². The zero-order valence-corrected chi connectivity index (χ0v) is 19.1. The Balaban J connectivity index is 1.40. The Kier molecular flexibility index (Phi) is 8.70. The number of ether oxygens (including phenoxy) is 2. The van der Waals surface area contributed by atoms with Crippen LogP contribution in [-0.2, 0) is 6.18 Å². The van der Waals surface area contributed by atoms with E-state index in [0.29, 0.717) is 24.0 Å². The number of rotatable bonds is 10. The van der Waals surface area contributed by atoms with Gasteiger partial charge >= 0.3 is 6.18 Å². The third-order valence-electron chi connectivity index (χ3n) is 4.93. The van der Waals surface area contributed by atoms with E-state index < -0.39 is 11.7 Å². The maximum Gasteiger partial charge on any atom is 0.416 e. The van der Waals surface area contributed by atoms with E-state index in [-0.39, 0.29) is 0 Å². The number of nitrogens with zero attached hydrogens (tertiary/aromatic N) is 1. The molecule has 0 bridgehead atoms. The highest BCUT2D eigenvalue weighted by Crippen LogP contribution is 2.32. The van der Waals surface area contributed by atoms with Crippen LogP contribution in [0.4, 0.5) is 13.2 Å². The van der Waals surface area contributed by atoms with Crippen LogP contribution in [0.15, 0.2) is 71.7 Å². The van der Waals surface area contributed by atoms with Crippen molar-refractivity contribution in [2.24, 2.45) is 5.92 Å². The molecule has 0 saturated carbocycles. The summed E-state index contributed by atoms with van der Waals surface area (Å²) >= 11 is 1.79. The lowest BCUT2D eigenvalue weighted by molar-refractivity contribution is -0.137. The van der Waals surface area contributed by atoms with Gasteiger partial charge in [-0.15, -0.1) is 0 Å². The Bertz CT molecular complexity index is 908. The monoisotopic (exact) mass is 463 g/mol. The molecule has 0 amide bonds. The molecule has 0 N–H and O–H groups in total. The lowest BCUT2D eigenvalue weighted by Crippen LogP contribution is -2.18. The molecule has 0 radical (unpaired) electrons. The third kappa shape index (κ3) is 7.64. The van der Waals surface area contributed by atoms with Gasteiger partial charge in [0.15, 0.2) is 0 Å². The molecule has 1 aliphatic carbocycles. The van der Waals surface area contributed by atoms with Crippen LogP contribution in [0.25, 0.3) is 0 Å². The predicted octanol–water partition coefficient (Wildman–Crippen LogP) is 7.72. The fourth-order valence-electron chi connectivity index (χ4n) is 3.08. The first kappa shape index (κ1) is 24.3. The molecule has 32 heavy (non-hydrogen) atoms. The first-order valence-electron chi connectivity index (χ1n) is 10.7. The summed E-state index contributed by atoms with van der Waals surface area (Å²) in [6.45, 7) is 6.86. The van der Waals surface area contributed by atoms with Crippen LogP contribution < -0.4 is 9.47 Å². The van der Waals surface area contributed by atoms with Gasteiger partial charge in [0.25, 0.3) is 0 Å². The summed E-state index contributed by atoms with van der Waals surface area (Å²) in [5, 5.41) is 0. The largest absolute Gasteiger partial charge is 0.494 e. The van der Waals surface area contributed by atoms with E-state index in [4.69, 9.17) is 9.47 Å². The molecule has 172 valence electrons. The SMILES string of the molecule is CCN(CCCOc1ccc(Oc2ccc(C(F)(F)F)cc2)cc1)SC1=CCC(C)C=C1. The Morgan fingerprint density at radius 3 is 2.19 bits per heavy atom. The average Bonchev–Trinajstić information content (AvgIpc) is 2.78. The van der Waals surface area contributed by atoms with Gasteiger partial charge in [0.1, 0.15) is 17.2 Å². The van der Waals surface area contributed by atoms with Crippen molar-refractivity contribution >= 4 is 11.9 Å². The second kappa shape index (κ2) is 11.5. The molecule has 3 nitrogen and oxygen atoms in total. The third-order valence-corrected chi connectivity index (χ3v) is 6.14. The van der Waals surface area contributed by atoms with Crippen LogP contribution in [0, 0.1) is 5.92 Å². The fraction of sp³-hybridized carbons (Fsp3) is 0.360. The molecule has 3 rings (SSSR count). The van der Waals surface area contributed by atoms with Crippen molar-refractivity contribution < 1.29 is 22.6 Å². The van der Waals surface area contributed by atoms with Gasteiger partial charge in [-0.2, -0.15) is 13.2 Å². The van der Waals surface area contributed by atoms with Gasteiger partial charge < -0.3 is 9.47 Å². The van der Waals surface area contributed by atoms with E-state index in [9.17, 15) is 13.2 Å². The maximum absolute atomic E-state index is 12.6. The van der Waals surface area contributed by atoms with Gasteiger partial charge in [0.2, 0.25) is 0 Å². The van der Waals surface area contributed by atoms with Crippen LogP contribution >= 0.6 is 11.9 Å². The first-order valence-corrected chi connectivity index (χ1v) is 11.5. The summed E-state index contributed by atoms with van der Waals surface area (Å²) in [5.74, 6) is 2.23. The number of hydrogen-bond acceptors (Lipinski definition) is 4. The highest BCUT2D eigenvalue weighted by Gasteiger charge is 2.30. The Labute approximate surface area is 192 Å². The smallest absolute Gasteiger partial charge is 0.416 e. The predicted molar refractivity (Wildman–Crippen MR) is 124 cm³/mol. The van der Waals surface area contributed by atoms with Gasteiger partial charge in [0, 0.05) is 18.0 Å². The fourth-order valence-corrected chi connectivity index (χ4v) is 4.03. The van der Waals surface area contributed by atoms with Crippen LogP contribution in [-0.4, -0.2) is 24.0 Å². The normalized spacial score (nSPS) is 16.2. The lowest BCUT2D eigenvalue weighted by Gasteiger charge is -2.21. The summed E-state index contributed by atoms with van der Waals surface area (Å²) in [4.78, 5) is 1.30. The van der Waals surface area contributed by atoms with Crippen molar-refractivity contribution in [2.75, 3.05) is 19.7 Å². The topological polar surface area (TPSA) is 21.7 Å². The van der Waals surface area contributed by atoms with E-state index in [2.05, 4.69) is 36.4 Å². The molecule has 0 fully saturated rings. The zero-order valence-electron chi connectivity index (χ0n) is 18.3. The van der Waals surface area contributed by atoms with Crippen LogP contribution in [0.1, 0.15) is 32.3 Å². The Hall–Kier alpha value is -2.38. The van der Waals surface area contributed by atoms with Gasteiger partial charge in [-0.05, 0) is 79.2 Å². The molecular formula is C25H28F3NO2S. The molecule has 0 aromatic heterocycles. The van der Waals surface area contributed by atoms with E-state index in [0.717, 1.165) is 43.8 Å². The van der Waals surface area contributed by atoms with Crippen molar-refractivity contribution in [2.45, 2.75) is 32.9 Å². The number of halogens is 3. The molecule has 2 aromatic rings. The highest BCUT2D eigenvalue weighted by molar-refractivity contribution is 8.01. The maximum atomic E-state index is 12.6. The molecule has 0 saturated heterocycles. The molecule has 0 spiro atoms. The van der Waals surface area contributed by atoms with Gasteiger partial charge in [-0.3, -0.25) is 0 Å². The van der Waals surface area contributed by atoms with Crippen molar-refractivity contribution in [3.63, 3.8) is 0 Å². The molecule has 1 aliphatic rings. The molecular weight excluding hydrogens is 435 g/mol. The second-order valence-corrected chi connectivity index (χ2v) is 8.76. The van der Waals surface area contributed by atoms with Crippen LogP contribution in [0.2, 0.25) is 0 Å². The minimum Gasteiger partial charge on any atom is -0.494 e. The van der Waals surface area contributed by atoms with Gasteiger partial charge in [0.05, 0.1) is 12.2 Å². The van der Waals surface area contributed by atoms with E-state index in [1.54, 1.807) is 36.2 Å². The summed E-state index contributed by atoms with van der Waals surface area (Å²) in [5.41, 5.74) is -0.699. The molecule has 2 aromatic carbocycles. The lowest BCUT2D eigenvalue weighted by atomic mass is 10.0. The minimum atomic E-state index is -4.35. The van der Waals surface area contributed by atoms with Crippen molar-refractivity contribution in [1.82, 2.24) is 4.31 Å². The molecule has 1 atom stereocenters. The number of allylic oxidation sites excluding steroid dienone is 3. The van der Waals surface area contributed by atoms with Crippen molar-refractivity contribution in [3.05, 3.63) is 77.2 Å². The van der Waals surface area contributed by atoms with Crippen molar-refractivity contribution in [3.8, 4) is 17.2 Å². The molecule has 1 unspecified atom stereocenters. The number of alkyl halides is 3. The first-order chi connectivity index (χ1) is 15.3. The number of benzene rings is 2. The van der Waals surface area contributed by atoms with Gasteiger partial charge in [-0.25, -0.2) is 4.31 Å².